The van der Waals surface area contributed by atoms with Crippen LogP contribution in [0.2, 0.25) is 0 Å². The first-order valence-electron chi connectivity index (χ1n) is 8.05. The van der Waals surface area contributed by atoms with Crippen LogP contribution in [0.3, 0.4) is 0 Å². The highest BCUT2D eigenvalue weighted by Crippen LogP contribution is 2.45. The minimum Gasteiger partial charge on any atom is -0.508 e. The molecule has 0 spiro atoms. The monoisotopic (exact) mass is 318 g/mol. The number of aromatic hydroxyl groups is 1. The summed E-state index contributed by atoms with van der Waals surface area (Å²) in [4.78, 5) is 0. The number of fused-ring (bicyclic) bond motifs is 3. The zero-order valence-corrected chi connectivity index (χ0v) is 13.2. The van der Waals surface area contributed by atoms with Gasteiger partial charge in [0.1, 0.15) is 18.1 Å². The van der Waals surface area contributed by atoms with E-state index in [-0.39, 0.29) is 19.0 Å². The molecule has 120 valence electrons. The number of rotatable bonds is 4. The van der Waals surface area contributed by atoms with Gasteiger partial charge in [-0.05, 0) is 52.4 Å². The second-order valence-electron chi connectivity index (χ2n) is 5.92. The minimum atomic E-state index is -0.0215. The van der Waals surface area contributed by atoms with Crippen molar-refractivity contribution >= 4 is 0 Å². The second-order valence-corrected chi connectivity index (χ2v) is 5.92. The van der Waals surface area contributed by atoms with Crippen LogP contribution in [0.5, 0.6) is 11.5 Å². The van der Waals surface area contributed by atoms with E-state index in [0.29, 0.717) is 0 Å². The van der Waals surface area contributed by atoms with Crippen LogP contribution in [-0.4, -0.2) is 23.4 Å². The summed E-state index contributed by atoms with van der Waals surface area (Å²) in [5.74, 6) is 1.01. The lowest BCUT2D eigenvalue weighted by Crippen LogP contribution is -2.04. The number of benzene rings is 3. The molecule has 0 bridgehead atoms. The van der Waals surface area contributed by atoms with Crippen LogP contribution in [0.4, 0.5) is 0 Å². The van der Waals surface area contributed by atoms with Crippen molar-refractivity contribution in [1.29, 1.82) is 0 Å². The Labute approximate surface area is 140 Å². The summed E-state index contributed by atoms with van der Waals surface area (Å²) in [5, 5.41) is 18.7. The molecule has 3 aromatic rings. The third-order valence-corrected chi connectivity index (χ3v) is 4.45. The first kappa shape index (κ1) is 14.8. The van der Waals surface area contributed by atoms with Gasteiger partial charge in [-0.3, -0.25) is 0 Å². The van der Waals surface area contributed by atoms with Gasteiger partial charge in [-0.2, -0.15) is 0 Å². The number of aliphatic hydroxyl groups is 1. The van der Waals surface area contributed by atoms with Crippen molar-refractivity contribution < 1.29 is 14.9 Å². The van der Waals surface area contributed by atoms with Crippen molar-refractivity contribution in [3.63, 3.8) is 0 Å². The predicted octanol–water partition coefficient (Wildman–Crippen LogP) is 4.00. The maximum atomic E-state index is 9.59. The number of phenolic OH excluding ortho intramolecular Hbond substituents is 1. The summed E-state index contributed by atoms with van der Waals surface area (Å²) in [5.41, 5.74) is 7.08. The average Bonchev–Trinajstić information content (AvgIpc) is 2.99. The van der Waals surface area contributed by atoms with Gasteiger partial charge in [0.25, 0.3) is 0 Å². The Bertz CT molecular complexity index is 882. The molecule has 0 amide bonds. The first-order valence-corrected chi connectivity index (χ1v) is 8.05. The highest BCUT2D eigenvalue weighted by molar-refractivity contribution is 5.87. The van der Waals surface area contributed by atoms with E-state index in [4.69, 9.17) is 9.84 Å². The third kappa shape index (κ3) is 2.43. The van der Waals surface area contributed by atoms with E-state index in [1.807, 2.05) is 18.2 Å². The van der Waals surface area contributed by atoms with Crippen LogP contribution in [-0.2, 0) is 6.42 Å². The number of phenols is 1. The van der Waals surface area contributed by atoms with Gasteiger partial charge >= 0.3 is 0 Å². The van der Waals surface area contributed by atoms with Crippen LogP contribution in [0.1, 0.15) is 11.1 Å². The van der Waals surface area contributed by atoms with Gasteiger partial charge in [0.15, 0.2) is 0 Å². The number of ether oxygens (including phenoxy) is 1. The molecule has 0 unspecified atom stereocenters. The zero-order chi connectivity index (χ0) is 16.5. The number of aliphatic hydroxyl groups excluding tert-OH is 1. The van der Waals surface area contributed by atoms with E-state index in [9.17, 15) is 5.11 Å². The third-order valence-electron chi connectivity index (χ3n) is 4.45. The maximum Gasteiger partial charge on any atom is 0.127 e. The van der Waals surface area contributed by atoms with Crippen LogP contribution < -0.4 is 4.74 Å². The Balaban J connectivity index is 1.90. The summed E-state index contributed by atoms with van der Waals surface area (Å²) in [6.07, 6.45) is 0.859. The zero-order valence-electron chi connectivity index (χ0n) is 13.2. The molecule has 0 aromatic heterocycles. The molecule has 24 heavy (non-hydrogen) atoms. The molecule has 1 aliphatic carbocycles. The van der Waals surface area contributed by atoms with Gasteiger partial charge in [-0.15, -0.1) is 0 Å². The van der Waals surface area contributed by atoms with E-state index >= 15 is 0 Å². The quantitative estimate of drug-likeness (QED) is 0.598. The molecule has 3 nitrogen and oxygen atoms in total. The summed E-state index contributed by atoms with van der Waals surface area (Å²) >= 11 is 0. The lowest BCUT2D eigenvalue weighted by molar-refractivity contribution is 0.202. The average molecular weight is 318 g/mol. The summed E-state index contributed by atoms with van der Waals surface area (Å²) in [7, 11) is 0. The smallest absolute Gasteiger partial charge is 0.127 e. The van der Waals surface area contributed by atoms with Crippen molar-refractivity contribution in [3.8, 4) is 33.8 Å². The molecule has 0 atom stereocenters. The molecule has 0 heterocycles. The van der Waals surface area contributed by atoms with Gasteiger partial charge in [-0.25, -0.2) is 0 Å². The molecular weight excluding hydrogens is 300 g/mol. The van der Waals surface area contributed by atoms with Crippen LogP contribution >= 0.6 is 0 Å². The Morgan fingerprint density at radius 1 is 0.875 bits per heavy atom. The SMILES string of the molecule is OCCOc1ccc2c(c1-c1ccc(O)cc1)Cc1ccccc1-2. The normalized spacial score (nSPS) is 11.9. The molecule has 4 rings (SSSR count). The molecule has 0 fully saturated rings. The molecule has 1 aliphatic rings. The summed E-state index contributed by atoms with van der Waals surface area (Å²) < 4.78 is 5.78. The van der Waals surface area contributed by atoms with Gasteiger partial charge in [0.05, 0.1) is 6.61 Å². The van der Waals surface area contributed by atoms with Gasteiger partial charge < -0.3 is 14.9 Å². The molecule has 0 aliphatic heterocycles. The Kier molecular flexibility index (Phi) is 3.71. The fraction of sp³-hybridized carbons (Fsp3) is 0.143. The predicted molar refractivity (Wildman–Crippen MR) is 94.4 cm³/mol. The Morgan fingerprint density at radius 3 is 2.46 bits per heavy atom. The van der Waals surface area contributed by atoms with E-state index in [1.165, 1.54) is 22.3 Å². The molecule has 3 aromatic carbocycles. The van der Waals surface area contributed by atoms with Crippen LogP contribution in [0, 0.1) is 0 Å². The lowest BCUT2D eigenvalue weighted by atomic mass is 9.94. The standard InChI is InChI=1S/C21H18O3/c22-11-12-24-20-10-9-18-17-4-2-1-3-15(17)13-19(18)21(20)14-5-7-16(23)8-6-14/h1-10,22-23H,11-13H2. The fourth-order valence-corrected chi connectivity index (χ4v) is 3.41. The van der Waals surface area contributed by atoms with E-state index in [2.05, 4.69) is 30.3 Å². The molecule has 0 saturated carbocycles. The molecule has 3 heteroatoms. The Hall–Kier alpha value is -2.78. The molecule has 0 saturated heterocycles. The van der Waals surface area contributed by atoms with Crippen LogP contribution in [0.15, 0.2) is 60.7 Å². The summed E-state index contributed by atoms with van der Waals surface area (Å²) in [6, 6.07) is 19.7. The van der Waals surface area contributed by atoms with Gasteiger partial charge in [-0.1, -0.05) is 42.5 Å². The van der Waals surface area contributed by atoms with Crippen molar-refractivity contribution in [1.82, 2.24) is 0 Å². The van der Waals surface area contributed by atoms with Crippen molar-refractivity contribution in [2.45, 2.75) is 6.42 Å². The second kappa shape index (κ2) is 6.02. The van der Waals surface area contributed by atoms with Gasteiger partial charge in [0, 0.05) is 5.56 Å². The highest BCUT2D eigenvalue weighted by Gasteiger charge is 2.24. The van der Waals surface area contributed by atoms with E-state index in [1.54, 1.807) is 12.1 Å². The Morgan fingerprint density at radius 2 is 1.67 bits per heavy atom. The van der Waals surface area contributed by atoms with Crippen molar-refractivity contribution in [2.24, 2.45) is 0 Å². The van der Waals surface area contributed by atoms with E-state index < -0.39 is 0 Å². The first-order chi connectivity index (χ1) is 11.8. The highest BCUT2D eigenvalue weighted by atomic mass is 16.5. The minimum absolute atomic E-state index is 0.0215. The van der Waals surface area contributed by atoms with Crippen LogP contribution in [0.25, 0.3) is 22.3 Å². The molecule has 0 radical (unpaired) electrons. The molecule has 2 N–H and O–H groups in total. The van der Waals surface area contributed by atoms with Gasteiger partial charge in [0.2, 0.25) is 0 Å². The number of hydrogen-bond acceptors (Lipinski definition) is 3. The molecular formula is C21H18O3. The van der Waals surface area contributed by atoms with E-state index in [0.717, 1.165) is 23.3 Å². The van der Waals surface area contributed by atoms with Crippen molar-refractivity contribution in [3.05, 3.63) is 71.8 Å². The topological polar surface area (TPSA) is 49.7 Å². The largest absolute Gasteiger partial charge is 0.508 e. The maximum absolute atomic E-state index is 9.59. The van der Waals surface area contributed by atoms with Crippen molar-refractivity contribution in [2.75, 3.05) is 13.2 Å². The number of hydrogen-bond donors (Lipinski definition) is 2. The summed E-state index contributed by atoms with van der Waals surface area (Å²) in [6.45, 7) is 0.239. The lowest BCUT2D eigenvalue weighted by Gasteiger charge is -2.16. The fourth-order valence-electron chi connectivity index (χ4n) is 3.41.